The highest BCUT2D eigenvalue weighted by Crippen LogP contribution is 2.16. The van der Waals surface area contributed by atoms with Crippen molar-refractivity contribution in [2.24, 2.45) is 5.73 Å². The monoisotopic (exact) mass is 451 g/mol. The maximum absolute atomic E-state index is 13.5. The summed E-state index contributed by atoms with van der Waals surface area (Å²) in [5.74, 6) is -1.83. The molecular formula is C24H23F2N5O2. The molecule has 0 fully saturated rings. The first kappa shape index (κ1) is 22.5. The van der Waals surface area contributed by atoms with Crippen LogP contribution in [-0.2, 0) is 13.0 Å². The van der Waals surface area contributed by atoms with Gasteiger partial charge in [0.2, 0.25) is 5.78 Å². The minimum atomic E-state index is -0.966. The zero-order valence-electron chi connectivity index (χ0n) is 17.8. The van der Waals surface area contributed by atoms with Crippen LogP contribution in [0.5, 0.6) is 0 Å². The molecule has 4 rings (SSSR count). The smallest absolute Gasteiger partial charge is 0.282 e. The summed E-state index contributed by atoms with van der Waals surface area (Å²) in [6, 6.07) is 12.3. The van der Waals surface area contributed by atoms with E-state index < -0.39 is 22.8 Å². The Morgan fingerprint density at radius 1 is 1.00 bits per heavy atom. The molecule has 7 nitrogen and oxygen atoms in total. The van der Waals surface area contributed by atoms with E-state index in [1.165, 1.54) is 22.7 Å². The molecule has 9 heteroatoms. The van der Waals surface area contributed by atoms with Crippen LogP contribution in [0.4, 0.5) is 8.78 Å². The van der Waals surface area contributed by atoms with Crippen LogP contribution in [0, 0.1) is 11.6 Å². The largest absolute Gasteiger partial charge is 0.330 e. The molecule has 0 saturated carbocycles. The molecule has 2 aromatic carbocycles. The Morgan fingerprint density at radius 2 is 1.76 bits per heavy atom. The van der Waals surface area contributed by atoms with Crippen LogP contribution >= 0.6 is 0 Å². The van der Waals surface area contributed by atoms with Crippen molar-refractivity contribution in [1.82, 2.24) is 19.7 Å². The summed E-state index contributed by atoms with van der Waals surface area (Å²) in [5.41, 5.74) is 7.52. The second kappa shape index (κ2) is 9.85. The normalized spacial score (nSPS) is 11.2. The van der Waals surface area contributed by atoms with Gasteiger partial charge in [0.25, 0.3) is 11.1 Å². The zero-order valence-corrected chi connectivity index (χ0v) is 17.8. The second-order valence-electron chi connectivity index (χ2n) is 7.73. The molecule has 0 unspecified atom stereocenters. The summed E-state index contributed by atoms with van der Waals surface area (Å²) >= 11 is 0. The summed E-state index contributed by atoms with van der Waals surface area (Å²) in [5, 5.41) is 3.29. The summed E-state index contributed by atoms with van der Waals surface area (Å²) < 4.78 is 27.9. The van der Waals surface area contributed by atoms with Crippen molar-refractivity contribution in [3.05, 3.63) is 104 Å². The van der Waals surface area contributed by atoms with Crippen molar-refractivity contribution >= 4 is 5.78 Å². The Kier molecular flexibility index (Phi) is 6.71. The van der Waals surface area contributed by atoms with E-state index in [4.69, 9.17) is 5.73 Å². The average molecular weight is 451 g/mol. The van der Waals surface area contributed by atoms with Gasteiger partial charge in [-0.1, -0.05) is 30.3 Å². The first-order chi connectivity index (χ1) is 15.9. The lowest BCUT2D eigenvalue weighted by molar-refractivity contribution is 0.507. The van der Waals surface area contributed by atoms with E-state index in [-0.39, 0.29) is 12.2 Å². The van der Waals surface area contributed by atoms with Gasteiger partial charge in [0.1, 0.15) is 0 Å². The van der Waals surface area contributed by atoms with Gasteiger partial charge in [0.05, 0.1) is 5.56 Å². The predicted molar refractivity (Wildman–Crippen MR) is 122 cm³/mol. The zero-order chi connectivity index (χ0) is 23.4. The van der Waals surface area contributed by atoms with Gasteiger partial charge in [-0.2, -0.15) is 4.98 Å². The van der Waals surface area contributed by atoms with Crippen LogP contribution in [0.1, 0.15) is 23.2 Å². The molecule has 0 radical (unpaired) electrons. The molecule has 0 aliphatic heterocycles. The standard InChI is InChI=1S/C24H23F2N5O2/c25-20-7-4-16(11-21(20)26)10-18-12-22(32)31-14-19(23(33)30-24(31)29-18)17-5-2-15(3-6-17)13-28-9-1-8-27/h2-7,11-12,14,28H,1,8-10,13,27H2,(H,29,30,33). The SMILES string of the molecule is NCCCNCc1ccc(-c2cn3c(=O)cc(Cc4ccc(F)c(F)c4)[nH]c3nc2=O)cc1. The molecule has 2 heterocycles. The van der Waals surface area contributed by atoms with Crippen molar-refractivity contribution in [3.63, 3.8) is 0 Å². The molecule has 0 bridgehead atoms. The number of H-pyrrole nitrogens is 1. The molecule has 0 amide bonds. The maximum atomic E-state index is 13.5. The number of nitrogens with zero attached hydrogens (tertiary/aromatic N) is 2. The second-order valence-corrected chi connectivity index (χ2v) is 7.73. The molecule has 0 aliphatic carbocycles. The minimum Gasteiger partial charge on any atom is -0.330 e. The van der Waals surface area contributed by atoms with Crippen LogP contribution in [-0.4, -0.2) is 27.5 Å². The lowest BCUT2D eigenvalue weighted by Gasteiger charge is -2.08. The van der Waals surface area contributed by atoms with E-state index in [0.29, 0.717) is 35.5 Å². The first-order valence-corrected chi connectivity index (χ1v) is 10.5. The Bertz CT molecular complexity index is 1400. The highest BCUT2D eigenvalue weighted by molar-refractivity contribution is 5.62. The first-order valence-electron chi connectivity index (χ1n) is 10.5. The molecule has 0 spiro atoms. The van der Waals surface area contributed by atoms with Crippen molar-refractivity contribution in [1.29, 1.82) is 0 Å². The van der Waals surface area contributed by atoms with Gasteiger partial charge in [-0.15, -0.1) is 0 Å². The van der Waals surface area contributed by atoms with Gasteiger partial charge in [-0.05, 0) is 48.3 Å². The van der Waals surface area contributed by atoms with Crippen molar-refractivity contribution in [2.45, 2.75) is 19.4 Å². The van der Waals surface area contributed by atoms with Crippen LogP contribution in [0.3, 0.4) is 0 Å². The summed E-state index contributed by atoms with van der Waals surface area (Å²) in [4.78, 5) is 32.3. The van der Waals surface area contributed by atoms with E-state index in [1.54, 1.807) is 0 Å². The highest BCUT2D eigenvalue weighted by atomic mass is 19.2. The van der Waals surface area contributed by atoms with Gasteiger partial charge >= 0.3 is 0 Å². The van der Waals surface area contributed by atoms with E-state index in [0.717, 1.165) is 30.7 Å². The number of aromatic amines is 1. The number of benzene rings is 2. The molecule has 0 atom stereocenters. The Morgan fingerprint density at radius 3 is 2.48 bits per heavy atom. The summed E-state index contributed by atoms with van der Waals surface area (Å²) in [6.45, 7) is 2.15. The number of aromatic nitrogens is 3. The Labute approximate surface area is 187 Å². The lowest BCUT2D eigenvalue weighted by Crippen LogP contribution is -2.22. The molecule has 33 heavy (non-hydrogen) atoms. The molecule has 170 valence electrons. The van der Waals surface area contributed by atoms with E-state index in [2.05, 4.69) is 15.3 Å². The fourth-order valence-corrected chi connectivity index (χ4v) is 3.53. The lowest BCUT2D eigenvalue weighted by atomic mass is 10.1. The van der Waals surface area contributed by atoms with Gasteiger partial charge < -0.3 is 16.0 Å². The third kappa shape index (κ3) is 5.21. The molecule has 2 aromatic heterocycles. The number of rotatable bonds is 8. The van der Waals surface area contributed by atoms with Crippen LogP contribution in [0.15, 0.2) is 64.3 Å². The minimum absolute atomic E-state index is 0.0783. The Balaban J connectivity index is 1.60. The van der Waals surface area contributed by atoms with Gasteiger partial charge in [0.15, 0.2) is 11.6 Å². The fourth-order valence-electron chi connectivity index (χ4n) is 3.53. The molecular weight excluding hydrogens is 428 g/mol. The quantitative estimate of drug-likeness (QED) is 0.357. The third-order valence-electron chi connectivity index (χ3n) is 5.26. The number of halogens is 2. The fraction of sp³-hybridized carbons (Fsp3) is 0.208. The van der Waals surface area contributed by atoms with Crippen LogP contribution < -0.4 is 22.2 Å². The van der Waals surface area contributed by atoms with E-state index >= 15 is 0 Å². The summed E-state index contributed by atoms with van der Waals surface area (Å²) in [7, 11) is 0. The number of fused-ring (bicyclic) bond motifs is 1. The van der Waals surface area contributed by atoms with Crippen molar-refractivity contribution in [3.8, 4) is 11.1 Å². The highest BCUT2D eigenvalue weighted by Gasteiger charge is 2.11. The molecule has 0 aliphatic rings. The van der Waals surface area contributed by atoms with E-state index in [9.17, 15) is 18.4 Å². The Hall–Kier alpha value is -3.69. The number of nitrogens with one attached hydrogen (secondary N) is 2. The predicted octanol–water partition coefficient (Wildman–Crippen LogP) is 2.36. The topological polar surface area (TPSA) is 105 Å². The van der Waals surface area contributed by atoms with E-state index in [1.807, 2.05) is 24.3 Å². The van der Waals surface area contributed by atoms with Crippen molar-refractivity contribution < 1.29 is 8.78 Å². The maximum Gasteiger partial charge on any atom is 0.282 e. The third-order valence-corrected chi connectivity index (χ3v) is 5.26. The molecule has 0 saturated heterocycles. The molecule has 4 aromatic rings. The number of hydrogen-bond acceptors (Lipinski definition) is 5. The van der Waals surface area contributed by atoms with Crippen LogP contribution in [0.25, 0.3) is 16.9 Å². The van der Waals surface area contributed by atoms with Crippen LogP contribution in [0.2, 0.25) is 0 Å². The molecule has 4 N–H and O–H groups in total. The average Bonchev–Trinajstić information content (AvgIpc) is 2.79. The number of hydrogen-bond donors (Lipinski definition) is 3. The number of nitrogens with two attached hydrogens (primary N) is 1. The van der Waals surface area contributed by atoms with Gasteiger partial charge in [-0.25, -0.2) is 8.78 Å². The van der Waals surface area contributed by atoms with Crippen molar-refractivity contribution in [2.75, 3.05) is 13.1 Å². The summed E-state index contributed by atoms with van der Waals surface area (Å²) in [6.07, 6.45) is 2.51. The van der Waals surface area contributed by atoms with Gasteiger partial charge in [-0.3, -0.25) is 14.0 Å². The van der Waals surface area contributed by atoms with Gasteiger partial charge in [0, 0.05) is 30.9 Å².